The first kappa shape index (κ1) is 10.6. The third kappa shape index (κ3) is 2.57. The van der Waals surface area contributed by atoms with E-state index >= 15 is 0 Å². The number of nitrogens with one attached hydrogen (secondary N) is 2. The molecule has 0 aromatic carbocycles. The maximum atomic E-state index is 11.8. The van der Waals surface area contributed by atoms with Crippen LogP contribution in [0, 0.1) is 0 Å². The second-order valence-corrected chi connectivity index (χ2v) is 5.55. The lowest BCUT2D eigenvalue weighted by molar-refractivity contribution is 0.411. The zero-order valence-corrected chi connectivity index (χ0v) is 9.26. The van der Waals surface area contributed by atoms with Crippen LogP contribution in [0.5, 0.6) is 0 Å². The van der Waals surface area contributed by atoms with Gasteiger partial charge in [0.2, 0.25) is 0 Å². The first-order valence-electron chi connectivity index (χ1n) is 5.19. The molecule has 1 saturated carbocycles. The number of aromatic nitrogens is 2. The first-order valence-corrected chi connectivity index (χ1v) is 6.67. The molecule has 0 radical (unpaired) electrons. The molecule has 0 saturated heterocycles. The van der Waals surface area contributed by atoms with E-state index in [1.165, 1.54) is 18.9 Å². The van der Waals surface area contributed by atoms with Crippen LogP contribution in [0.25, 0.3) is 0 Å². The van der Waals surface area contributed by atoms with E-state index in [0.717, 1.165) is 25.7 Å². The smallest absolute Gasteiger partial charge is 0.257 e. The second kappa shape index (κ2) is 4.32. The molecule has 2 N–H and O–H groups in total. The van der Waals surface area contributed by atoms with Gasteiger partial charge in [-0.1, -0.05) is 19.3 Å². The predicted molar refractivity (Wildman–Crippen MR) is 55.8 cm³/mol. The zero-order chi connectivity index (χ0) is 10.7. The van der Waals surface area contributed by atoms with Crippen molar-refractivity contribution in [2.45, 2.75) is 43.2 Å². The minimum absolute atomic E-state index is 0.0899. The highest BCUT2D eigenvalue weighted by molar-refractivity contribution is 7.89. The van der Waals surface area contributed by atoms with Gasteiger partial charge in [-0.3, -0.25) is 0 Å². The molecule has 1 aromatic rings. The van der Waals surface area contributed by atoms with Crippen molar-refractivity contribution in [3.8, 4) is 0 Å². The summed E-state index contributed by atoms with van der Waals surface area (Å²) >= 11 is 0. The molecule has 0 atom stereocenters. The normalized spacial score (nSPS) is 19.2. The Morgan fingerprint density at radius 1 is 1.33 bits per heavy atom. The molecule has 5 nitrogen and oxygen atoms in total. The maximum absolute atomic E-state index is 11.8. The molecule has 15 heavy (non-hydrogen) atoms. The van der Waals surface area contributed by atoms with Crippen LogP contribution in [0.3, 0.4) is 0 Å². The van der Waals surface area contributed by atoms with Crippen molar-refractivity contribution >= 4 is 10.0 Å². The summed E-state index contributed by atoms with van der Waals surface area (Å²) in [6.45, 7) is 0. The number of sulfonamides is 1. The molecule has 84 valence electrons. The van der Waals surface area contributed by atoms with Gasteiger partial charge in [-0.25, -0.2) is 18.1 Å². The summed E-state index contributed by atoms with van der Waals surface area (Å²) < 4.78 is 26.3. The third-order valence-corrected chi connectivity index (χ3v) is 4.14. The summed E-state index contributed by atoms with van der Waals surface area (Å²) in [6.07, 6.45) is 8.00. The Bertz CT molecular complexity index is 393. The highest BCUT2D eigenvalue weighted by Crippen LogP contribution is 2.19. The highest BCUT2D eigenvalue weighted by Gasteiger charge is 2.22. The van der Waals surface area contributed by atoms with Crippen LogP contribution < -0.4 is 4.72 Å². The molecule has 1 aromatic heterocycles. The van der Waals surface area contributed by atoms with E-state index < -0.39 is 10.0 Å². The van der Waals surface area contributed by atoms with Crippen LogP contribution in [0.1, 0.15) is 32.1 Å². The van der Waals surface area contributed by atoms with Gasteiger partial charge in [0.15, 0.2) is 5.03 Å². The quantitative estimate of drug-likeness (QED) is 0.812. The Kier molecular flexibility index (Phi) is 3.06. The van der Waals surface area contributed by atoms with Crippen LogP contribution in [-0.4, -0.2) is 24.4 Å². The molecule has 0 unspecified atom stereocenters. The molecule has 0 spiro atoms. The molecule has 1 aliphatic rings. The molecule has 1 fully saturated rings. The molecule has 0 amide bonds. The summed E-state index contributed by atoms with van der Waals surface area (Å²) in [5.74, 6) is 0. The van der Waals surface area contributed by atoms with E-state index in [-0.39, 0.29) is 11.1 Å². The average Bonchev–Trinajstić information content (AvgIpc) is 2.71. The Labute approximate surface area is 89.4 Å². The Morgan fingerprint density at radius 2 is 2.07 bits per heavy atom. The van der Waals surface area contributed by atoms with Crippen molar-refractivity contribution < 1.29 is 8.42 Å². The van der Waals surface area contributed by atoms with Crippen molar-refractivity contribution in [3.05, 3.63) is 12.5 Å². The molecule has 1 aliphatic carbocycles. The fourth-order valence-corrected chi connectivity index (χ4v) is 3.10. The fourth-order valence-electron chi connectivity index (χ4n) is 1.89. The summed E-state index contributed by atoms with van der Waals surface area (Å²) in [4.78, 5) is 6.31. The van der Waals surface area contributed by atoms with Gasteiger partial charge in [-0.05, 0) is 12.8 Å². The van der Waals surface area contributed by atoms with E-state index in [4.69, 9.17) is 0 Å². The monoisotopic (exact) mass is 229 g/mol. The SMILES string of the molecule is O=S(=O)(NC1CCCCC1)c1cnc[nH]1. The van der Waals surface area contributed by atoms with Gasteiger partial charge in [0.1, 0.15) is 0 Å². The van der Waals surface area contributed by atoms with Crippen LogP contribution in [0.2, 0.25) is 0 Å². The van der Waals surface area contributed by atoms with E-state index in [2.05, 4.69) is 14.7 Å². The topological polar surface area (TPSA) is 74.8 Å². The van der Waals surface area contributed by atoms with Gasteiger partial charge in [0, 0.05) is 6.04 Å². The molecular formula is C9H15N3O2S. The molecule has 1 heterocycles. The minimum Gasteiger partial charge on any atom is -0.335 e. The summed E-state index contributed by atoms with van der Waals surface area (Å²) in [7, 11) is -3.38. The number of H-pyrrole nitrogens is 1. The van der Waals surface area contributed by atoms with Crippen molar-refractivity contribution in [3.63, 3.8) is 0 Å². The van der Waals surface area contributed by atoms with Crippen LogP contribution >= 0.6 is 0 Å². The third-order valence-electron chi connectivity index (χ3n) is 2.69. The number of hydrogen-bond acceptors (Lipinski definition) is 3. The fraction of sp³-hybridized carbons (Fsp3) is 0.667. The van der Waals surface area contributed by atoms with Gasteiger partial charge in [-0.15, -0.1) is 0 Å². The lowest BCUT2D eigenvalue weighted by Gasteiger charge is -2.21. The van der Waals surface area contributed by atoms with Crippen LogP contribution in [0.15, 0.2) is 17.6 Å². The van der Waals surface area contributed by atoms with Gasteiger partial charge in [0.25, 0.3) is 10.0 Å². The van der Waals surface area contributed by atoms with E-state index in [1.54, 1.807) is 0 Å². The Morgan fingerprint density at radius 3 is 2.67 bits per heavy atom. The first-order chi connectivity index (χ1) is 7.18. The summed E-state index contributed by atoms with van der Waals surface area (Å²) in [5.41, 5.74) is 0. The highest BCUT2D eigenvalue weighted by atomic mass is 32.2. The van der Waals surface area contributed by atoms with Crippen molar-refractivity contribution in [2.75, 3.05) is 0 Å². The van der Waals surface area contributed by atoms with Crippen molar-refractivity contribution in [2.24, 2.45) is 0 Å². The maximum Gasteiger partial charge on any atom is 0.257 e. The number of nitrogens with zero attached hydrogens (tertiary/aromatic N) is 1. The molecule has 2 rings (SSSR count). The van der Waals surface area contributed by atoms with Gasteiger partial charge < -0.3 is 4.98 Å². The Hall–Kier alpha value is -0.880. The van der Waals surface area contributed by atoms with Crippen LogP contribution in [-0.2, 0) is 10.0 Å². The Balaban J connectivity index is 2.04. The van der Waals surface area contributed by atoms with E-state index in [9.17, 15) is 8.42 Å². The number of aromatic amines is 1. The molecule has 0 bridgehead atoms. The minimum atomic E-state index is -3.38. The molecule has 0 aliphatic heterocycles. The molecule has 6 heteroatoms. The van der Waals surface area contributed by atoms with Crippen molar-refractivity contribution in [1.29, 1.82) is 0 Å². The number of hydrogen-bond donors (Lipinski definition) is 2. The van der Waals surface area contributed by atoms with Gasteiger partial charge >= 0.3 is 0 Å². The lowest BCUT2D eigenvalue weighted by atomic mass is 9.96. The van der Waals surface area contributed by atoms with E-state index in [1.807, 2.05) is 0 Å². The standard InChI is InChI=1S/C9H15N3O2S/c13-15(14,9-6-10-7-11-9)12-8-4-2-1-3-5-8/h6-8,12H,1-5H2,(H,10,11). The lowest BCUT2D eigenvalue weighted by Crippen LogP contribution is -2.36. The largest absolute Gasteiger partial charge is 0.335 e. The number of rotatable bonds is 3. The second-order valence-electron chi connectivity index (χ2n) is 3.87. The average molecular weight is 229 g/mol. The molecular weight excluding hydrogens is 214 g/mol. The van der Waals surface area contributed by atoms with Gasteiger partial charge in [-0.2, -0.15) is 0 Å². The van der Waals surface area contributed by atoms with Crippen molar-refractivity contribution in [1.82, 2.24) is 14.7 Å². The zero-order valence-electron chi connectivity index (χ0n) is 8.44. The summed E-state index contributed by atoms with van der Waals surface area (Å²) in [5, 5.41) is 0.146. The predicted octanol–water partition coefficient (Wildman–Crippen LogP) is 1.02. The number of imidazole rings is 1. The van der Waals surface area contributed by atoms with E-state index in [0.29, 0.717) is 0 Å². The van der Waals surface area contributed by atoms with Gasteiger partial charge in [0.05, 0.1) is 12.5 Å². The summed E-state index contributed by atoms with van der Waals surface area (Å²) in [6, 6.07) is 0.0899. The van der Waals surface area contributed by atoms with Crippen LogP contribution in [0.4, 0.5) is 0 Å².